The van der Waals surface area contributed by atoms with Crippen LogP contribution in [0.1, 0.15) is 19.4 Å². The maximum atomic E-state index is 10.6. The summed E-state index contributed by atoms with van der Waals surface area (Å²) in [5.74, 6) is 0.528. The minimum absolute atomic E-state index is 0.159. The lowest BCUT2D eigenvalue weighted by molar-refractivity contribution is -0.404. The lowest BCUT2D eigenvalue weighted by atomic mass is 10.1. The summed E-state index contributed by atoms with van der Waals surface area (Å²) in [7, 11) is 0. The molecule has 0 amide bonds. The highest BCUT2D eigenvalue weighted by Gasteiger charge is 2.32. The van der Waals surface area contributed by atoms with Crippen molar-refractivity contribution < 1.29 is 4.92 Å². The molecule has 0 aromatic carbocycles. The van der Waals surface area contributed by atoms with Crippen molar-refractivity contribution in [2.75, 3.05) is 0 Å². The average Bonchev–Trinajstić information content (AvgIpc) is 2.59. The van der Waals surface area contributed by atoms with Gasteiger partial charge in [-0.2, -0.15) is 0 Å². The lowest BCUT2D eigenvalue weighted by Crippen LogP contribution is -2.30. The minimum atomic E-state index is -0.444. The fraction of sp³-hybridized carbons (Fsp3) is 0.417. The molecule has 0 unspecified atom stereocenters. The number of hydrogen-bond acceptors (Lipinski definition) is 5. The molecule has 1 fully saturated rings. The second-order valence-corrected chi connectivity index (χ2v) is 4.98. The normalized spacial score (nSPS) is 24.6. The molecule has 0 aliphatic carbocycles. The Hall–Kier alpha value is -1.82. The molecule has 6 nitrogen and oxygen atoms in total. The van der Waals surface area contributed by atoms with Crippen LogP contribution in [0, 0.1) is 10.1 Å². The van der Waals surface area contributed by atoms with E-state index in [1.807, 2.05) is 24.8 Å². The number of hydrogen-bond donors (Lipinski definition) is 1. The number of aromatic nitrogens is 1. The van der Waals surface area contributed by atoms with Crippen molar-refractivity contribution in [2.24, 2.45) is 0 Å². The van der Waals surface area contributed by atoms with Crippen molar-refractivity contribution in [1.29, 1.82) is 0 Å². The first-order valence-electron chi connectivity index (χ1n) is 5.96. The first-order chi connectivity index (χ1) is 8.97. The number of pyridine rings is 1. The lowest BCUT2D eigenvalue weighted by Gasteiger charge is -2.23. The predicted molar refractivity (Wildman–Crippen MR) is 71.9 cm³/mol. The number of nitrogens with zero attached hydrogens (tertiary/aromatic N) is 3. The van der Waals surface area contributed by atoms with Crippen molar-refractivity contribution in [3.63, 3.8) is 0 Å². The average molecular weight is 283 g/mol. The fourth-order valence-electron chi connectivity index (χ4n) is 2.06. The van der Waals surface area contributed by atoms with E-state index in [1.54, 1.807) is 12.3 Å². The Bertz CT molecular complexity index is 503. The molecule has 0 spiro atoms. The SMILES string of the molecule is C[C@@H]1[C@@H](C)N/C(=C\[N+](=O)[O-])N1Cc1ccc(Cl)nc1. The molecule has 2 rings (SSSR count). The Morgan fingerprint density at radius 1 is 1.58 bits per heavy atom. The predicted octanol–water partition coefficient (Wildman–Crippen LogP) is 1.99. The molecule has 1 saturated heterocycles. The quantitative estimate of drug-likeness (QED) is 0.521. The molecular weight excluding hydrogens is 268 g/mol. The van der Waals surface area contributed by atoms with Gasteiger partial charge in [-0.15, -0.1) is 0 Å². The Morgan fingerprint density at radius 2 is 2.32 bits per heavy atom. The largest absolute Gasteiger partial charge is 0.362 e. The second-order valence-electron chi connectivity index (χ2n) is 4.59. The van der Waals surface area contributed by atoms with E-state index in [0.717, 1.165) is 11.8 Å². The van der Waals surface area contributed by atoms with Crippen molar-refractivity contribution in [1.82, 2.24) is 15.2 Å². The summed E-state index contributed by atoms with van der Waals surface area (Å²) >= 11 is 5.74. The van der Waals surface area contributed by atoms with E-state index in [4.69, 9.17) is 11.6 Å². The van der Waals surface area contributed by atoms with E-state index in [9.17, 15) is 10.1 Å². The van der Waals surface area contributed by atoms with Crippen LogP contribution in [0.4, 0.5) is 0 Å². The monoisotopic (exact) mass is 282 g/mol. The van der Waals surface area contributed by atoms with E-state index in [0.29, 0.717) is 17.5 Å². The van der Waals surface area contributed by atoms with Gasteiger partial charge in [0.2, 0.25) is 0 Å². The number of nitrogens with one attached hydrogen (secondary N) is 1. The van der Waals surface area contributed by atoms with Crippen molar-refractivity contribution >= 4 is 11.6 Å². The third kappa shape index (κ3) is 3.14. The fourth-order valence-corrected chi connectivity index (χ4v) is 2.17. The molecule has 1 aliphatic rings. The van der Waals surface area contributed by atoms with Crippen LogP contribution >= 0.6 is 11.6 Å². The zero-order valence-corrected chi connectivity index (χ0v) is 11.5. The molecule has 7 heteroatoms. The molecule has 19 heavy (non-hydrogen) atoms. The third-order valence-electron chi connectivity index (χ3n) is 3.27. The summed E-state index contributed by atoms with van der Waals surface area (Å²) in [6, 6.07) is 3.91. The van der Waals surface area contributed by atoms with Gasteiger partial charge < -0.3 is 10.2 Å². The molecule has 0 radical (unpaired) electrons. The highest BCUT2D eigenvalue weighted by Crippen LogP contribution is 2.22. The van der Waals surface area contributed by atoms with Crippen molar-refractivity contribution in [3.8, 4) is 0 Å². The summed E-state index contributed by atoms with van der Waals surface area (Å²) in [6.45, 7) is 4.59. The zero-order valence-electron chi connectivity index (χ0n) is 10.7. The third-order valence-corrected chi connectivity index (χ3v) is 3.49. The number of halogens is 1. The topological polar surface area (TPSA) is 71.3 Å². The first-order valence-corrected chi connectivity index (χ1v) is 6.34. The Kier molecular flexibility index (Phi) is 3.90. The van der Waals surface area contributed by atoms with Crippen LogP contribution in [-0.4, -0.2) is 26.9 Å². The van der Waals surface area contributed by atoms with Gasteiger partial charge in [0.1, 0.15) is 5.15 Å². The molecule has 2 atom stereocenters. The van der Waals surface area contributed by atoms with Crippen LogP contribution in [0.5, 0.6) is 0 Å². The van der Waals surface area contributed by atoms with E-state index < -0.39 is 4.92 Å². The second kappa shape index (κ2) is 5.44. The Balaban J connectivity index is 2.20. The van der Waals surface area contributed by atoms with Gasteiger partial charge in [0.05, 0.1) is 4.92 Å². The first kappa shape index (κ1) is 13.6. The van der Waals surface area contributed by atoms with Gasteiger partial charge in [0.25, 0.3) is 6.20 Å². The summed E-state index contributed by atoms with van der Waals surface area (Å²) in [5, 5.41) is 14.2. The van der Waals surface area contributed by atoms with Gasteiger partial charge in [-0.3, -0.25) is 10.1 Å². The molecule has 1 aliphatic heterocycles. The van der Waals surface area contributed by atoms with Gasteiger partial charge in [-0.25, -0.2) is 4.98 Å². The smallest absolute Gasteiger partial charge is 0.274 e. The van der Waals surface area contributed by atoms with E-state index >= 15 is 0 Å². The maximum Gasteiger partial charge on any atom is 0.274 e. The molecule has 102 valence electrons. The molecule has 1 aromatic heterocycles. The highest BCUT2D eigenvalue weighted by molar-refractivity contribution is 6.29. The zero-order chi connectivity index (χ0) is 14.0. The van der Waals surface area contributed by atoms with E-state index in [2.05, 4.69) is 10.3 Å². The van der Waals surface area contributed by atoms with E-state index in [-0.39, 0.29) is 12.1 Å². The highest BCUT2D eigenvalue weighted by atomic mass is 35.5. The summed E-state index contributed by atoms with van der Waals surface area (Å²) in [5.41, 5.74) is 0.960. The van der Waals surface area contributed by atoms with Crippen molar-refractivity contribution in [3.05, 3.63) is 51.2 Å². The van der Waals surface area contributed by atoms with Crippen LogP contribution in [-0.2, 0) is 6.54 Å². The van der Waals surface area contributed by atoms with Crippen LogP contribution in [0.15, 0.2) is 30.4 Å². The molecule has 0 saturated carbocycles. The molecule has 1 N–H and O–H groups in total. The minimum Gasteiger partial charge on any atom is -0.362 e. The summed E-state index contributed by atoms with van der Waals surface area (Å²) in [4.78, 5) is 16.2. The standard InChI is InChI=1S/C12H15ClN4O2/c1-8-9(2)16(12(15-8)7-17(18)19)6-10-3-4-11(13)14-5-10/h3-5,7-9,15H,6H2,1-2H3/b12-7+/t8-,9-/m1/s1. The van der Waals surface area contributed by atoms with E-state index in [1.165, 1.54) is 0 Å². The molecule has 0 bridgehead atoms. The number of rotatable bonds is 3. The van der Waals surface area contributed by atoms with Gasteiger partial charge in [-0.1, -0.05) is 17.7 Å². The van der Waals surface area contributed by atoms with Gasteiger partial charge in [0.15, 0.2) is 5.82 Å². The van der Waals surface area contributed by atoms with Crippen LogP contribution < -0.4 is 5.32 Å². The van der Waals surface area contributed by atoms with Crippen LogP contribution in [0.2, 0.25) is 5.15 Å². The van der Waals surface area contributed by atoms with Crippen LogP contribution in [0.3, 0.4) is 0 Å². The van der Waals surface area contributed by atoms with Gasteiger partial charge in [-0.05, 0) is 25.5 Å². The van der Waals surface area contributed by atoms with Gasteiger partial charge in [0, 0.05) is 24.8 Å². The Labute approximate surface area is 116 Å². The summed E-state index contributed by atoms with van der Waals surface area (Å²) < 4.78 is 0. The van der Waals surface area contributed by atoms with Crippen LogP contribution in [0.25, 0.3) is 0 Å². The van der Waals surface area contributed by atoms with Gasteiger partial charge >= 0.3 is 0 Å². The molecule has 2 heterocycles. The maximum absolute atomic E-state index is 10.6. The molecular formula is C12H15ClN4O2. The summed E-state index contributed by atoms with van der Waals surface area (Å²) in [6.07, 6.45) is 2.69. The van der Waals surface area contributed by atoms with Crippen molar-refractivity contribution in [2.45, 2.75) is 32.5 Å². The Morgan fingerprint density at radius 3 is 2.89 bits per heavy atom. The molecule has 1 aromatic rings. The number of nitro groups is 1.